The summed E-state index contributed by atoms with van der Waals surface area (Å²) in [7, 11) is 2.14. The summed E-state index contributed by atoms with van der Waals surface area (Å²) >= 11 is 0. The Morgan fingerprint density at radius 3 is 2.40 bits per heavy atom. The zero-order chi connectivity index (χ0) is 30.6. The van der Waals surface area contributed by atoms with Crippen LogP contribution in [0.25, 0.3) is 10.8 Å². The maximum Gasteiger partial charge on any atom is 0.251 e. The first-order chi connectivity index (χ1) is 20.9. The van der Waals surface area contributed by atoms with Gasteiger partial charge in [-0.3, -0.25) is 9.59 Å². The predicted molar refractivity (Wildman–Crippen MR) is 174 cm³/mol. The molecule has 4 N–H and O–H groups in total. The molecule has 0 aliphatic carbocycles. The van der Waals surface area contributed by atoms with Gasteiger partial charge >= 0.3 is 0 Å². The Bertz CT molecular complexity index is 1430. The van der Waals surface area contributed by atoms with Crippen molar-refractivity contribution < 1.29 is 9.59 Å². The largest absolute Gasteiger partial charge is 0.348 e. The zero-order valence-electron chi connectivity index (χ0n) is 25.9. The average molecular weight is 583 g/mol. The highest BCUT2D eigenvalue weighted by molar-refractivity contribution is 5.97. The molecule has 4 aromatic rings. The van der Waals surface area contributed by atoms with Crippen LogP contribution >= 0.6 is 0 Å². The SMILES string of the molecule is CCC(CC)N(C)CCC[C@H](NC(=O)c1ccc(CNCc2ncc[nH]2)cc1)C(=O)NC(C)c1cccc2ccccc12. The van der Waals surface area contributed by atoms with Crippen LogP contribution in [0.1, 0.15) is 79.8 Å². The topological polar surface area (TPSA) is 102 Å². The van der Waals surface area contributed by atoms with E-state index in [0.717, 1.165) is 53.5 Å². The number of rotatable bonds is 16. The van der Waals surface area contributed by atoms with Crippen molar-refractivity contribution in [2.45, 2.75) is 77.7 Å². The second-order valence-electron chi connectivity index (χ2n) is 11.3. The number of carbonyl (C=O) groups is 2. The van der Waals surface area contributed by atoms with Crippen molar-refractivity contribution in [3.8, 4) is 0 Å². The van der Waals surface area contributed by atoms with Crippen LogP contribution in [-0.2, 0) is 17.9 Å². The Hall–Kier alpha value is -4.01. The summed E-state index contributed by atoms with van der Waals surface area (Å²) in [6, 6.07) is 21.5. The van der Waals surface area contributed by atoms with Gasteiger partial charge in [-0.25, -0.2) is 4.98 Å². The average Bonchev–Trinajstić information content (AvgIpc) is 3.54. The molecular weight excluding hydrogens is 536 g/mol. The van der Waals surface area contributed by atoms with Gasteiger partial charge in [-0.2, -0.15) is 0 Å². The van der Waals surface area contributed by atoms with Crippen molar-refractivity contribution in [3.05, 3.63) is 102 Å². The third-order valence-electron chi connectivity index (χ3n) is 8.23. The number of H-pyrrole nitrogens is 1. The van der Waals surface area contributed by atoms with Gasteiger partial charge in [-0.1, -0.05) is 68.4 Å². The van der Waals surface area contributed by atoms with E-state index in [1.165, 1.54) is 0 Å². The number of hydrogen-bond acceptors (Lipinski definition) is 5. The number of carbonyl (C=O) groups excluding carboxylic acids is 2. The maximum atomic E-state index is 13.7. The van der Waals surface area contributed by atoms with E-state index in [1.54, 1.807) is 12.4 Å². The number of imidazole rings is 1. The monoisotopic (exact) mass is 582 g/mol. The summed E-state index contributed by atoms with van der Waals surface area (Å²) in [6.45, 7) is 8.56. The van der Waals surface area contributed by atoms with E-state index in [9.17, 15) is 9.59 Å². The molecular formula is C35H46N6O2. The van der Waals surface area contributed by atoms with Crippen molar-refractivity contribution in [3.63, 3.8) is 0 Å². The first-order valence-corrected chi connectivity index (χ1v) is 15.5. The molecule has 8 nitrogen and oxygen atoms in total. The van der Waals surface area contributed by atoms with Crippen molar-refractivity contribution in [1.29, 1.82) is 0 Å². The molecule has 0 fully saturated rings. The van der Waals surface area contributed by atoms with Crippen molar-refractivity contribution in [2.75, 3.05) is 13.6 Å². The van der Waals surface area contributed by atoms with Gasteiger partial charge in [0.2, 0.25) is 5.91 Å². The molecule has 0 spiro atoms. The van der Waals surface area contributed by atoms with E-state index >= 15 is 0 Å². The van der Waals surface area contributed by atoms with Crippen LogP contribution in [0.2, 0.25) is 0 Å². The van der Waals surface area contributed by atoms with Crippen LogP contribution in [0.4, 0.5) is 0 Å². The second kappa shape index (κ2) is 16.0. The van der Waals surface area contributed by atoms with E-state index in [1.807, 2.05) is 49.4 Å². The Balaban J connectivity index is 1.41. The maximum absolute atomic E-state index is 13.7. The van der Waals surface area contributed by atoms with Crippen molar-refractivity contribution in [2.24, 2.45) is 0 Å². The number of nitrogens with one attached hydrogen (secondary N) is 4. The molecule has 0 saturated heterocycles. The molecule has 43 heavy (non-hydrogen) atoms. The number of fused-ring (bicyclic) bond motifs is 1. The number of amides is 2. The number of nitrogens with zero attached hydrogens (tertiary/aromatic N) is 2. The summed E-state index contributed by atoms with van der Waals surface area (Å²) in [5.41, 5.74) is 2.65. The number of aromatic nitrogens is 2. The van der Waals surface area contributed by atoms with E-state index < -0.39 is 6.04 Å². The van der Waals surface area contributed by atoms with Crippen molar-refractivity contribution >= 4 is 22.6 Å². The van der Waals surface area contributed by atoms with Gasteiger partial charge in [0, 0.05) is 30.5 Å². The molecule has 0 bridgehead atoms. The minimum atomic E-state index is -0.644. The Kier molecular flexibility index (Phi) is 11.9. The molecule has 228 valence electrons. The molecule has 0 aliphatic heterocycles. The standard InChI is InChI=1S/C35H46N6O2/c1-5-29(6-2)41(4)22-10-15-32(35(43)39-25(3)30-14-9-12-27-11-7-8-13-31(27)30)40-34(42)28-18-16-26(17-19-28)23-36-24-33-37-20-21-38-33/h7-9,11-14,16-21,25,29,32,36H,5-6,10,15,22-24H2,1-4H3,(H,37,38)(H,39,43)(H,40,42)/t25?,32-/m0/s1. The number of hydrogen-bond donors (Lipinski definition) is 4. The quantitative estimate of drug-likeness (QED) is 0.135. The van der Waals surface area contributed by atoms with E-state index in [-0.39, 0.29) is 17.9 Å². The van der Waals surface area contributed by atoms with E-state index in [4.69, 9.17) is 0 Å². The molecule has 2 atom stereocenters. The van der Waals surface area contributed by atoms with Gasteiger partial charge in [0.25, 0.3) is 5.91 Å². The second-order valence-corrected chi connectivity index (χ2v) is 11.3. The highest BCUT2D eigenvalue weighted by Gasteiger charge is 2.24. The summed E-state index contributed by atoms with van der Waals surface area (Å²) < 4.78 is 0. The Morgan fingerprint density at radius 1 is 0.930 bits per heavy atom. The highest BCUT2D eigenvalue weighted by atomic mass is 16.2. The molecule has 0 saturated carbocycles. The highest BCUT2D eigenvalue weighted by Crippen LogP contribution is 2.24. The summed E-state index contributed by atoms with van der Waals surface area (Å²) in [5, 5.41) is 11.8. The lowest BCUT2D eigenvalue weighted by Gasteiger charge is -2.27. The molecule has 0 aliphatic rings. The molecule has 8 heteroatoms. The minimum Gasteiger partial charge on any atom is -0.348 e. The Morgan fingerprint density at radius 2 is 1.67 bits per heavy atom. The van der Waals surface area contributed by atoms with Crippen LogP contribution in [0, 0.1) is 0 Å². The third kappa shape index (κ3) is 8.99. The fourth-order valence-electron chi connectivity index (χ4n) is 5.66. The van der Waals surface area contributed by atoms with Gasteiger partial charge in [0.1, 0.15) is 11.9 Å². The smallest absolute Gasteiger partial charge is 0.251 e. The summed E-state index contributed by atoms with van der Waals surface area (Å²) in [4.78, 5) is 36.7. The van der Waals surface area contributed by atoms with Gasteiger partial charge in [-0.05, 0) is 80.2 Å². The fourth-order valence-corrected chi connectivity index (χ4v) is 5.66. The fraction of sp³-hybridized carbons (Fsp3) is 0.400. The van der Waals surface area contributed by atoms with E-state index in [2.05, 4.69) is 76.0 Å². The zero-order valence-corrected chi connectivity index (χ0v) is 25.9. The lowest BCUT2D eigenvalue weighted by Crippen LogP contribution is -2.47. The normalized spacial score (nSPS) is 12.9. The predicted octanol–water partition coefficient (Wildman–Crippen LogP) is 5.73. The minimum absolute atomic E-state index is 0.169. The summed E-state index contributed by atoms with van der Waals surface area (Å²) in [5.74, 6) is 0.459. The third-order valence-corrected chi connectivity index (χ3v) is 8.23. The van der Waals surface area contributed by atoms with Gasteiger partial charge in [0.05, 0.1) is 12.6 Å². The van der Waals surface area contributed by atoms with E-state index in [0.29, 0.717) is 31.1 Å². The summed E-state index contributed by atoms with van der Waals surface area (Å²) in [6.07, 6.45) is 7.06. The first-order valence-electron chi connectivity index (χ1n) is 15.5. The molecule has 2 amide bonds. The van der Waals surface area contributed by atoms with Crippen LogP contribution in [0.15, 0.2) is 79.1 Å². The van der Waals surface area contributed by atoms with Crippen LogP contribution in [0.3, 0.4) is 0 Å². The lowest BCUT2D eigenvalue weighted by atomic mass is 9.99. The molecule has 1 unspecified atom stereocenters. The molecule has 1 aromatic heterocycles. The first kappa shape index (κ1) is 31.9. The lowest BCUT2D eigenvalue weighted by molar-refractivity contribution is -0.123. The van der Waals surface area contributed by atoms with Crippen LogP contribution < -0.4 is 16.0 Å². The molecule has 4 rings (SSSR count). The van der Waals surface area contributed by atoms with Crippen LogP contribution in [-0.4, -0.2) is 52.4 Å². The number of benzene rings is 3. The molecule has 3 aromatic carbocycles. The molecule has 0 radical (unpaired) electrons. The van der Waals surface area contributed by atoms with Crippen LogP contribution in [0.5, 0.6) is 0 Å². The number of aromatic amines is 1. The Labute approximate surface area is 255 Å². The van der Waals surface area contributed by atoms with Crippen molar-refractivity contribution in [1.82, 2.24) is 30.8 Å². The molecule has 1 heterocycles. The van der Waals surface area contributed by atoms with Gasteiger partial charge in [-0.15, -0.1) is 0 Å². The van der Waals surface area contributed by atoms with Gasteiger partial charge in [0.15, 0.2) is 0 Å². The van der Waals surface area contributed by atoms with Gasteiger partial charge < -0.3 is 25.8 Å².